The fourth-order valence-corrected chi connectivity index (χ4v) is 4.60. The maximum absolute atomic E-state index is 12.8. The largest absolute Gasteiger partial charge is 0.368 e. The summed E-state index contributed by atoms with van der Waals surface area (Å²) < 4.78 is 0. The molecule has 0 saturated carbocycles. The summed E-state index contributed by atoms with van der Waals surface area (Å²) in [6.07, 6.45) is 3.06. The molecule has 31 heavy (non-hydrogen) atoms. The molecule has 5 heteroatoms. The van der Waals surface area contributed by atoms with E-state index in [1.807, 2.05) is 17.2 Å². The Morgan fingerprint density at radius 3 is 2.61 bits per heavy atom. The number of anilines is 1. The standard InChI is InChI=1S/C26H28N4O/c1-18-6-5-9-25(19(18)2)29-12-14-30(15-13-29)26(31)11-10-20-16-22-21-7-3-4-8-23(21)28-24(22)17-27-20/h3-9,16-17,28H,10-15H2,1-2H3. The minimum atomic E-state index is 0.224. The van der Waals surface area contributed by atoms with Crippen molar-refractivity contribution in [1.82, 2.24) is 14.9 Å². The normalized spacial score (nSPS) is 14.5. The number of H-pyrrole nitrogens is 1. The molecule has 5 rings (SSSR count). The smallest absolute Gasteiger partial charge is 0.223 e. The minimum Gasteiger partial charge on any atom is -0.368 e. The van der Waals surface area contributed by atoms with Gasteiger partial charge in [-0.25, -0.2) is 0 Å². The number of carbonyl (C=O) groups excluding carboxylic acids is 1. The van der Waals surface area contributed by atoms with Crippen molar-refractivity contribution >= 4 is 33.4 Å². The molecule has 2 aromatic carbocycles. The molecule has 3 heterocycles. The molecule has 0 bridgehead atoms. The van der Waals surface area contributed by atoms with Gasteiger partial charge in [-0.3, -0.25) is 9.78 Å². The number of piperazine rings is 1. The van der Waals surface area contributed by atoms with Gasteiger partial charge in [0.1, 0.15) is 0 Å². The lowest BCUT2D eigenvalue weighted by Crippen LogP contribution is -2.49. The molecule has 5 nitrogen and oxygen atoms in total. The van der Waals surface area contributed by atoms with Crippen molar-refractivity contribution < 1.29 is 4.79 Å². The van der Waals surface area contributed by atoms with Crippen LogP contribution in [-0.2, 0) is 11.2 Å². The van der Waals surface area contributed by atoms with Crippen molar-refractivity contribution in [1.29, 1.82) is 0 Å². The predicted octanol–water partition coefficient (Wildman–Crippen LogP) is 4.61. The van der Waals surface area contributed by atoms with E-state index in [4.69, 9.17) is 0 Å². The second kappa shape index (κ2) is 8.06. The zero-order chi connectivity index (χ0) is 21.4. The maximum atomic E-state index is 12.8. The molecule has 0 aliphatic carbocycles. The second-order valence-corrected chi connectivity index (χ2v) is 8.48. The number of para-hydroxylation sites is 1. The summed E-state index contributed by atoms with van der Waals surface area (Å²) in [6, 6.07) is 16.9. The second-order valence-electron chi connectivity index (χ2n) is 8.48. The number of benzene rings is 2. The Bertz CT molecular complexity index is 1250. The van der Waals surface area contributed by atoms with E-state index in [-0.39, 0.29) is 5.91 Å². The summed E-state index contributed by atoms with van der Waals surface area (Å²) in [4.78, 5) is 25.2. The Labute approximate surface area is 182 Å². The van der Waals surface area contributed by atoms with Crippen molar-refractivity contribution in [2.45, 2.75) is 26.7 Å². The van der Waals surface area contributed by atoms with Crippen LogP contribution in [-0.4, -0.2) is 47.0 Å². The van der Waals surface area contributed by atoms with E-state index in [1.54, 1.807) is 0 Å². The number of hydrogen-bond donors (Lipinski definition) is 1. The van der Waals surface area contributed by atoms with Crippen molar-refractivity contribution in [2.24, 2.45) is 0 Å². The summed E-state index contributed by atoms with van der Waals surface area (Å²) in [5, 5.41) is 2.38. The highest BCUT2D eigenvalue weighted by atomic mass is 16.2. The molecule has 0 atom stereocenters. The lowest BCUT2D eigenvalue weighted by molar-refractivity contribution is -0.131. The first-order valence-electron chi connectivity index (χ1n) is 11.0. The van der Waals surface area contributed by atoms with E-state index in [9.17, 15) is 4.79 Å². The summed E-state index contributed by atoms with van der Waals surface area (Å²) in [7, 11) is 0. The number of nitrogens with one attached hydrogen (secondary N) is 1. The molecule has 1 aliphatic heterocycles. The molecular weight excluding hydrogens is 384 g/mol. The summed E-state index contributed by atoms with van der Waals surface area (Å²) >= 11 is 0. The van der Waals surface area contributed by atoms with Crippen LogP contribution in [0.4, 0.5) is 5.69 Å². The minimum absolute atomic E-state index is 0.224. The molecule has 1 N–H and O–H groups in total. The van der Waals surface area contributed by atoms with E-state index in [1.165, 1.54) is 27.6 Å². The summed E-state index contributed by atoms with van der Waals surface area (Å²) in [5.41, 5.74) is 7.08. The molecule has 158 valence electrons. The first-order chi connectivity index (χ1) is 15.1. The number of fused-ring (bicyclic) bond motifs is 3. The van der Waals surface area contributed by atoms with Gasteiger partial charge >= 0.3 is 0 Å². The lowest BCUT2D eigenvalue weighted by atomic mass is 10.1. The van der Waals surface area contributed by atoms with E-state index >= 15 is 0 Å². The van der Waals surface area contributed by atoms with Gasteiger partial charge in [0.25, 0.3) is 0 Å². The molecular formula is C26H28N4O. The molecule has 0 radical (unpaired) electrons. The Morgan fingerprint density at radius 1 is 0.968 bits per heavy atom. The van der Waals surface area contributed by atoms with E-state index in [0.29, 0.717) is 12.8 Å². The highest BCUT2D eigenvalue weighted by Crippen LogP contribution is 2.26. The van der Waals surface area contributed by atoms with Crippen LogP contribution < -0.4 is 4.90 Å². The fourth-order valence-electron chi connectivity index (χ4n) is 4.60. The van der Waals surface area contributed by atoms with Gasteiger partial charge < -0.3 is 14.8 Å². The first-order valence-corrected chi connectivity index (χ1v) is 11.0. The van der Waals surface area contributed by atoms with E-state index in [0.717, 1.165) is 42.9 Å². The van der Waals surface area contributed by atoms with Gasteiger partial charge in [0.2, 0.25) is 5.91 Å². The van der Waals surface area contributed by atoms with Crippen LogP contribution in [0.25, 0.3) is 21.8 Å². The van der Waals surface area contributed by atoms with Crippen molar-refractivity contribution in [2.75, 3.05) is 31.1 Å². The Hall–Kier alpha value is -3.34. The highest BCUT2D eigenvalue weighted by Gasteiger charge is 2.22. The van der Waals surface area contributed by atoms with Crippen LogP contribution in [0, 0.1) is 13.8 Å². The molecule has 4 aromatic rings. The number of aromatic nitrogens is 2. The third-order valence-corrected chi connectivity index (χ3v) is 6.59. The number of aromatic amines is 1. The third-order valence-electron chi connectivity index (χ3n) is 6.59. The number of pyridine rings is 1. The third kappa shape index (κ3) is 3.76. The van der Waals surface area contributed by atoms with Gasteiger partial charge in [-0.05, 0) is 49.6 Å². The predicted molar refractivity (Wildman–Crippen MR) is 127 cm³/mol. The fraction of sp³-hybridized carbons (Fsp3) is 0.308. The highest BCUT2D eigenvalue weighted by molar-refractivity contribution is 6.06. The number of amides is 1. The molecule has 0 unspecified atom stereocenters. The van der Waals surface area contributed by atoms with Crippen LogP contribution >= 0.6 is 0 Å². The van der Waals surface area contributed by atoms with Gasteiger partial charge in [0.15, 0.2) is 0 Å². The number of carbonyl (C=O) groups is 1. The molecule has 1 fully saturated rings. The van der Waals surface area contributed by atoms with Crippen LogP contribution in [0.2, 0.25) is 0 Å². The first kappa shape index (κ1) is 19.6. The van der Waals surface area contributed by atoms with Gasteiger partial charge in [-0.1, -0.05) is 30.3 Å². The molecule has 1 saturated heterocycles. The maximum Gasteiger partial charge on any atom is 0.223 e. The Balaban J connectivity index is 1.21. The number of hydrogen-bond acceptors (Lipinski definition) is 3. The van der Waals surface area contributed by atoms with Gasteiger partial charge in [-0.15, -0.1) is 0 Å². The van der Waals surface area contributed by atoms with Crippen molar-refractivity contribution in [3.8, 4) is 0 Å². The molecule has 2 aromatic heterocycles. The van der Waals surface area contributed by atoms with Gasteiger partial charge in [0, 0.05) is 60.3 Å². The quantitative estimate of drug-likeness (QED) is 0.532. The number of nitrogens with zero attached hydrogens (tertiary/aromatic N) is 3. The molecule has 1 amide bonds. The van der Waals surface area contributed by atoms with Crippen molar-refractivity contribution in [3.63, 3.8) is 0 Å². The Kier molecular flexibility index (Phi) is 5.10. The van der Waals surface area contributed by atoms with Gasteiger partial charge in [-0.2, -0.15) is 0 Å². The monoisotopic (exact) mass is 412 g/mol. The van der Waals surface area contributed by atoms with Gasteiger partial charge in [0.05, 0.1) is 11.7 Å². The zero-order valence-corrected chi connectivity index (χ0v) is 18.2. The zero-order valence-electron chi connectivity index (χ0n) is 18.2. The molecule has 0 spiro atoms. The van der Waals surface area contributed by atoms with E-state index in [2.05, 4.69) is 71.2 Å². The topological polar surface area (TPSA) is 52.2 Å². The lowest BCUT2D eigenvalue weighted by Gasteiger charge is -2.37. The van der Waals surface area contributed by atoms with E-state index < -0.39 is 0 Å². The van der Waals surface area contributed by atoms with Crippen LogP contribution in [0.15, 0.2) is 54.7 Å². The average molecular weight is 413 g/mol. The average Bonchev–Trinajstić information content (AvgIpc) is 3.17. The molecule has 1 aliphatic rings. The number of rotatable bonds is 4. The summed E-state index contributed by atoms with van der Waals surface area (Å²) in [5.74, 6) is 0.224. The summed E-state index contributed by atoms with van der Waals surface area (Å²) in [6.45, 7) is 7.66. The van der Waals surface area contributed by atoms with Crippen LogP contribution in [0.1, 0.15) is 23.2 Å². The van der Waals surface area contributed by atoms with Crippen molar-refractivity contribution in [3.05, 3.63) is 71.5 Å². The SMILES string of the molecule is Cc1cccc(N2CCN(C(=O)CCc3cc4c(cn3)[nH]c3ccccc34)CC2)c1C. The van der Waals surface area contributed by atoms with Crippen LogP contribution in [0.5, 0.6) is 0 Å². The Morgan fingerprint density at radius 2 is 1.77 bits per heavy atom. The number of aryl methyl sites for hydroxylation is 2. The van der Waals surface area contributed by atoms with Crippen LogP contribution in [0.3, 0.4) is 0 Å².